The molecule has 0 aliphatic carbocycles. The molecule has 1 aromatic heterocycles. The van der Waals surface area contributed by atoms with Crippen molar-refractivity contribution in [3.8, 4) is 0 Å². The number of hydrogen-bond donors (Lipinski definition) is 1. The molecule has 0 saturated heterocycles. The van der Waals surface area contributed by atoms with Crippen molar-refractivity contribution in [2.45, 2.75) is 20.4 Å². The number of benzene rings is 1. The smallest absolute Gasteiger partial charge is 0.269 e. The topological polar surface area (TPSA) is 46.9 Å². The van der Waals surface area contributed by atoms with E-state index in [1.807, 2.05) is 0 Å². The Kier molecular flexibility index (Phi) is 4.50. The lowest BCUT2D eigenvalue weighted by atomic mass is 10.2. The molecule has 0 saturated carbocycles. The normalized spacial score (nSPS) is 10.8. The molecule has 0 radical (unpaired) electrons. The molecule has 0 bridgehead atoms. The zero-order valence-electron chi connectivity index (χ0n) is 11.6. The number of anilines is 1. The van der Waals surface area contributed by atoms with Gasteiger partial charge >= 0.3 is 0 Å². The second kappa shape index (κ2) is 6.32. The number of rotatable bonds is 5. The Bertz CT molecular complexity index is 620. The Morgan fingerprint density at radius 3 is 2.60 bits per heavy atom. The first-order valence-electron chi connectivity index (χ1n) is 6.60. The number of nitrogens with one attached hydrogen (secondary N) is 1. The first kappa shape index (κ1) is 14.2. The zero-order chi connectivity index (χ0) is 14.5. The molecule has 0 amide bonds. The van der Waals surface area contributed by atoms with Gasteiger partial charge in [-0.3, -0.25) is 4.79 Å². The molecular formula is C15H18FN3O. The van der Waals surface area contributed by atoms with E-state index in [-0.39, 0.29) is 11.4 Å². The summed E-state index contributed by atoms with van der Waals surface area (Å²) in [6.07, 6.45) is 1.63. The van der Waals surface area contributed by atoms with Gasteiger partial charge in [0.2, 0.25) is 0 Å². The minimum Gasteiger partial charge on any atom is -0.383 e. The van der Waals surface area contributed by atoms with Gasteiger partial charge in [-0.05, 0) is 23.6 Å². The fourth-order valence-corrected chi connectivity index (χ4v) is 1.73. The second-order valence-electron chi connectivity index (χ2n) is 5.14. The zero-order valence-corrected chi connectivity index (χ0v) is 11.6. The van der Waals surface area contributed by atoms with E-state index in [9.17, 15) is 9.18 Å². The standard InChI is InChI=1S/C15H18FN3O/c1-11(2)8-17-14-7-15(20)19(18-9-14)10-12-3-5-13(16)6-4-12/h3-7,9,11,17H,8,10H2,1-2H3. The van der Waals surface area contributed by atoms with Gasteiger partial charge in [0, 0.05) is 12.6 Å². The highest BCUT2D eigenvalue weighted by molar-refractivity contribution is 5.38. The highest BCUT2D eigenvalue weighted by Crippen LogP contribution is 2.05. The third kappa shape index (κ3) is 3.91. The summed E-state index contributed by atoms with van der Waals surface area (Å²) < 4.78 is 14.2. The van der Waals surface area contributed by atoms with Gasteiger partial charge in [-0.2, -0.15) is 5.10 Å². The van der Waals surface area contributed by atoms with Crippen molar-refractivity contribution in [2.24, 2.45) is 5.92 Å². The number of aromatic nitrogens is 2. The van der Waals surface area contributed by atoms with Crippen LogP contribution in [0.4, 0.5) is 10.1 Å². The summed E-state index contributed by atoms with van der Waals surface area (Å²) in [6, 6.07) is 7.57. The molecule has 0 atom stereocenters. The molecule has 1 heterocycles. The van der Waals surface area contributed by atoms with Crippen molar-refractivity contribution < 1.29 is 4.39 Å². The average molecular weight is 275 g/mol. The Morgan fingerprint density at radius 1 is 1.30 bits per heavy atom. The summed E-state index contributed by atoms with van der Waals surface area (Å²) >= 11 is 0. The lowest BCUT2D eigenvalue weighted by molar-refractivity contribution is 0.618. The van der Waals surface area contributed by atoms with Crippen LogP contribution in [-0.4, -0.2) is 16.3 Å². The van der Waals surface area contributed by atoms with Gasteiger partial charge in [0.1, 0.15) is 5.82 Å². The quantitative estimate of drug-likeness (QED) is 0.912. The largest absolute Gasteiger partial charge is 0.383 e. The van der Waals surface area contributed by atoms with E-state index in [0.717, 1.165) is 17.8 Å². The van der Waals surface area contributed by atoms with Crippen LogP contribution in [0.2, 0.25) is 0 Å². The van der Waals surface area contributed by atoms with E-state index in [0.29, 0.717) is 12.5 Å². The van der Waals surface area contributed by atoms with E-state index >= 15 is 0 Å². The molecule has 0 spiro atoms. The highest BCUT2D eigenvalue weighted by atomic mass is 19.1. The molecule has 0 unspecified atom stereocenters. The second-order valence-corrected chi connectivity index (χ2v) is 5.14. The molecule has 0 aliphatic rings. The molecule has 1 N–H and O–H groups in total. The summed E-state index contributed by atoms with van der Waals surface area (Å²) in [6.45, 7) is 5.32. The molecule has 0 fully saturated rings. The average Bonchev–Trinajstić information content (AvgIpc) is 2.41. The first-order valence-corrected chi connectivity index (χ1v) is 6.60. The van der Waals surface area contributed by atoms with Crippen LogP contribution in [0, 0.1) is 11.7 Å². The summed E-state index contributed by atoms with van der Waals surface area (Å²) in [4.78, 5) is 11.9. The number of halogens is 1. The lowest BCUT2D eigenvalue weighted by Gasteiger charge is -2.09. The van der Waals surface area contributed by atoms with Crippen LogP contribution < -0.4 is 10.9 Å². The van der Waals surface area contributed by atoms with E-state index in [2.05, 4.69) is 24.3 Å². The summed E-state index contributed by atoms with van der Waals surface area (Å²) in [5, 5.41) is 7.28. The van der Waals surface area contributed by atoms with Gasteiger partial charge in [0.25, 0.3) is 5.56 Å². The van der Waals surface area contributed by atoms with Crippen molar-refractivity contribution in [1.82, 2.24) is 9.78 Å². The number of hydrogen-bond acceptors (Lipinski definition) is 3. The summed E-state index contributed by atoms with van der Waals surface area (Å²) in [5.41, 5.74) is 1.38. The molecule has 4 nitrogen and oxygen atoms in total. The van der Waals surface area contributed by atoms with Crippen molar-refractivity contribution in [1.29, 1.82) is 0 Å². The van der Waals surface area contributed by atoms with Gasteiger partial charge in [0.15, 0.2) is 0 Å². The molecule has 2 rings (SSSR count). The first-order chi connectivity index (χ1) is 9.54. The van der Waals surface area contributed by atoms with Gasteiger partial charge in [0.05, 0.1) is 18.4 Å². The number of nitrogens with zero attached hydrogens (tertiary/aromatic N) is 2. The minimum absolute atomic E-state index is 0.178. The van der Waals surface area contributed by atoms with E-state index in [1.54, 1.807) is 18.3 Å². The van der Waals surface area contributed by atoms with E-state index < -0.39 is 0 Å². The van der Waals surface area contributed by atoms with Gasteiger partial charge < -0.3 is 5.32 Å². The van der Waals surface area contributed by atoms with Crippen LogP contribution in [-0.2, 0) is 6.54 Å². The molecule has 1 aromatic carbocycles. The maximum Gasteiger partial charge on any atom is 0.269 e. The van der Waals surface area contributed by atoms with Crippen LogP contribution in [0.15, 0.2) is 41.3 Å². The van der Waals surface area contributed by atoms with Crippen molar-refractivity contribution in [2.75, 3.05) is 11.9 Å². The highest BCUT2D eigenvalue weighted by Gasteiger charge is 2.02. The fourth-order valence-electron chi connectivity index (χ4n) is 1.73. The molecule has 20 heavy (non-hydrogen) atoms. The van der Waals surface area contributed by atoms with Crippen LogP contribution in [0.25, 0.3) is 0 Å². The third-order valence-electron chi connectivity index (χ3n) is 2.83. The minimum atomic E-state index is -0.290. The predicted molar refractivity (Wildman–Crippen MR) is 77.3 cm³/mol. The third-order valence-corrected chi connectivity index (χ3v) is 2.83. The molecule has 2 aromatic rings. The van der Waals surface area contributed by atoms with Crippen molar-refractivity contribution in [3.63, 3.8) is 0 Å². The Morgan fingerprint density at radius 2 is 2.00 bits per heavy atom. The predicted octanol–water partition coefficient (Wildman–Crippen LogP) is 2.50. The molecule has 0 aliphatic heterocycles. The molecule has 106 valence electrons. The molecular weight excluding hydrogens is 257 g/mol. The van der Waals surface area contributed by atoms with E-state index in [4.69, 9.17) is 0 Å². The van der Waals surface area contributed by atoms with Crippen LogP contribution in [0.3, 0.4) is 0 Å². The van der Waals surface area contributed by atoms with Crippen LogP contribution >= 0.6 is 0 Å². The maximum absolute atomic E-state index is 12.8. The maximum atomic E-state index is 12.8. The molecule has 5 heteroatoms. The Balaban J connectivity index is 2.09. The fraction of sp³-hybridized carbons (Fsp3) is 0.333. The van der Waals surface area contributed by atoms with Crippen molar-refractivity contribution >= 4 is 5.69 Å². The lowest BCUT2D eigenvalue weighted by Crippen LogP contribution is -2.23. The van der Waals surface area contributed by atoms with E-state index in [1.165, 1.54) is 22.9 Å². The van der Waals surface area contributed by atoms with Gasteiger partial charge in [-0.1, -0.05) is 26.0 Å². The van der Waals surface area contributed by atoms with Gasteiger partial charge in [-0.25, -0.2) is 9.07 Å². The van der Waals surface area contributed by atoms with Crippen LogP contribution in [0.5, 0.6) is 0 Å². The van der Waals surface area contributed by atoms with Crippen LogP contribution in [0.1, 0.15) is 19.4 Å². The monoisotopic (exact) mass is 275 g/mol. The van der Waals surface area contributed by atoms with Gasteiger partial charge in [-0.15, -0.1) is 0 Å². The Labute approximate surface area is 117 Å². The summed E-state index contributed by atoms with van der Waals surface area (Å²) in [5.74, 6) is 0.207. The summed E-state index contributed by atoms with van der Waals surface area (Å²) in [7, 11) is 0. The van der Waals surface area contributed by atoms with Crippen molar-refractivity contribution in [3.05, 3.63) is 58.3 Å². The SMILES string of the molecule is CC(C)CNc1cnn(Cc2ccc(F)cc2)c(=O)c1. The Hall–Kier alpha value is -2.17.